The van der Waals surface area contributed by atoms with Crippen molar-refractivity contribution in [2.45, 2.75) is 38.8 Å². The number of hydrogen-bond donors (Lipinski definition) is 2. The molecule has 0 bridgehead atoms. The molecule has 1 heterocycles. The molecule has 2 rings (SSSR count). The number of hydrogen-bond acceptors (Lipinski definition) is 4. The summed E-state index contributed by atoms with van der Waals surface area (Å²) in [5.74, 6) is -0.0881. The molecule has 1 unspecified atom stereocenters. The van der Waals surface area contributed by atoms with E-state index in [4.69, 9.17) is 11.6 Å². The van der Waals surface area contributed by atoms with E-state index in [2.05, 4.69) is 14.9 Å². The number of halogens is 1. The first-order chi connectivity index (χ1) is 11.2. The van der Waals surface area contributed by atoms with Crippen LogP contribution in [0.1, 0.15) is 25.3 Å². The third-order valence-electron chi connectivity index (χ3n) is 4.36. The fourth-order valence-corrected chi connectivity index (χ4v) is 3.87. The second-order valence-corrected chi connectivity index (χ2v) is 8.47. The van der Waals surface area contributed by atoms with E-state index in [0.717, 1.165) is 5.56 Å². The minimum atomic E-state index is -3.19. The molecule has 1 aliphatic heterocycles. The van der Waals surface area contributed by atoms with Crippen LogP contribution in [0.4, 0.5) is 5.69 Å². The Balaban J connectivity index is 1.91. The van der Waals surface area contributed by atoms with E-state index in [1.807, 2.05) is 19.9 Å². The summed E-state index contributed by atoms with van der Waals surface area (Å²) < 4.78 is 25.2. The van der Waals surface area contributed by atoms with Crippen molar-refractivity contribution < 1.29 is 13.2 Å². The van der Waals surface area contributed by atoms with E-state index in [-0.39, 0.29) is 18.0 Å². The predicted octanol–water partition coefficient (Wildman–Crippen LogP) is 1.99. The number of carbonyl (C=O) groups excluding carboxylic acids is 1. The molecule has 134 valence electrons. The lowest BCUT2D eigenvalue weighted by Gasteiger charge is -2.35. The average Bonchev–Trinajstić information content (AvgIpc) is 2.50. The number of nitrogens with zero attached hydrogens (tertiary/aromatic N) is 1. The summed E-state index contributed by atoms with van der Waals surface area (Å²) in [6.45, 7) is 5.08. The molecule has 24 heavy (non-hydrogen) atoms. The summed E-state index contributed by atoms with van der Waals surface area (Å²) in [5, 5.41) is 3.54. The van der Waals surface area contributed by atoms with Crippen LogP contribution in [0.15, 0.2) is 18.2 Å². The lowest BCUT2D eigenvalue weighted by molar-refractivity contribution is -0.121. The maximum atomic E-state index is 12.5. The highest BCUT2D eigenvalue weighted by Crippen LogP contribution is 2.23. The number of anilines is 1. The number of rotatable bonds is 5. The quantitative estimate of drug-likeness (QED) is 0.827. The fraction of sp³-hybridized carbons (Fsp3) is 0.562. The zero-order valence-electron chi connectivity index (χ0n) is 14.2. The molecule has 1 fully saturated rings. The van der Waals surface area contributed by atoms with Gasteiger partial charge in [-0.2, -0.15) is 0 Å². The SMILES string of the molecule is Cc1c(Cl)cccc1NC(=O)C(C)N1CCC(NS(C)(=O)=O)CC1. The molecular weight excluding hydrogens is 350 g/mol. The van der Waals surface area contributed by atoms with Gasteiger partial charge in [-0.1, -0.05) is 17.7 Å². The van der Waals surface area contributed by atoms with Crippen LogP contribution in [-0.4, -0.2) is 50.7 Å². The predicted molar refractivity (Wildman–Crippen MR) is 96.9 cm³/mol. The molecule has 0 aliphatic carbocycles. The Morgan fingerprint density at radius 2 is 1.96 bits per heavy atom. The fourth-order valence-electron chi connectivity index (χ4n) is 2.85. The topological polar surface area (TPSA) is 78.5 Å². The molecular formula is C16H24ClN3O3S. The summed E-state index contributed by atoms with van der Waals surface area (Å²) in [6, 6.07) is 5.07. The normalized spacial score (nSPS) is 18.3. The molecule has 1 aromatic rings. The third kappa shape index (κ3) is 5.17. The summed E-state index contributed by atoms with van der Waals surface area (Å²) >= 11 is 6.08. The monoisotopic (exact) mass is 373 g/mol. The van der Waals surface area contributed by atoms with E-state index >= 15 is 0 Å². The molecule has 0 radical (unpaired) electrons. The van der Waals surface area contributed by atoms with Gasteiger partial charge in [-0.25, -0.2) is 13.1 Å². The van der Waals surface area contributed by atoms with Gasteiger partial charge in [0.05, 0.1) is 12.3 Å². The van der Waals surface area contributed by atoms with Crippen LogP contribution >= 0.6 is 11.6 Å². The highest BCUT2D eigenvalue weighted by molar-refractivity contribution is 7.88. The molecule has 2 N–H and O–H groups in total. The number of sulfonamides is 1. The minimum absolute atomic E-state index is 0.0540. The van der Waals surface area contributed by atoms with Gasteiger partial charge in [0.2, 0.25) is 15.9 Å². The Morgan fingerprint density at radius 1 is 1.33 bits per heavy atom. The van der Waals surface area contributed by atoms with Crippen molar-refractivity contribution in [3.05, 3.63) is 28.8 Å². The van der Waals surface area contributed by atoms with Crippen LogP contribution in [-0.2, 0) is 14.8 Å². The van der Waals surface area contributed by atoms with Gasteiger partial charge in [0.15, 0.2) is 0 Å². The van der Waals surface area contributed by atoms with Gasteiger partial charge in [0, 0.05) is 29.8 Å². The Morgan fingerprint density at radius 3 is 2.54 bits per heavy atom. The van der Waals surface area contributed by atoms with Gasteiger partial charge in [-0.05, 0) is 44.4 Å². The van der Waals surface area contributed by atoms with E-state index in [1.54, 1.807) is 12.1 Å². The van der Waals surface area contributed by atoms with Gasteiger partial charge in [-0.15, -0.1) is 0 Å². The van der Waals surface area contributed by atoms with Crippen molar-refractivity contribution in [3.8, 4) is 0 Å². The van der Waals surface area contributed by atoms with Crippen molar-refractivity contribution in [1.29, 1.82) is 0 Å². The molecule has 0 aromatic heterocycles. The van der Waals surface area contributed by atoms with Crippen LogP contribution in [0.25, 0.3) is 0 Å². The zero-order chi connectivity index (χ0) is 17.9. The van der Waals surface area contributed by atoms with Crippen LogP contribution in [0.2, 0.25) is 5.02 Å². The Hall–Kier alpha value is -1.15. The van der Waals surface area contributed by atoms with Gasteiger partial charge in [0.25, 0.3) is 0 Å². The van der Waals surface area contributed by atoms with Gasteiger partial charge >= 0.3 is 0 Å². The molecule has 8 heteroatoms. The lowest BCUT2D eigenvalue weighted by Crippen LogP contribution is -2.50. The Kier molecular flexibility index (Phi) is 6.25. The first kappa shape index (κ1) is 19.2. The third-order valence-corrected chi connectivity index (χ3v) is 5.53. The maximum absolute atomic E-state index is 12.5. The number of nitrogens with one attached hydrogen (secondary N) is 2. The van der Waals surface area contributed by atoms with Crippen LogP contribution in [0.5, 0.6) is 0 Å². The second-order valence-electron chi connectivity index (χ2n) is 6.28. The average molecular weight is 374 g/mol. The van der Waals surface area contributed by atoms with E-state index < -0.39 is 10.0 Å². The molecule has 1 aromatic carbocycles. The number of likely N-dealkylation sites (tertiary alicyclic amines) is 1. The van der Waals surface area contributed by atoms with E-state index in [1.165, 1.54) is 6.26 Å². The first-order valence-corrected chi connectivity index (χ1v) is 10.2. The molecule has 6 nitrogen and oxygen atoms in total. The molecule has 0 saturated carbocycles. The Labute approximate surface area is 148 Å². The van der Waals surface area contributed by atoms with Gasteiger partial charge < -0.3 is 5.32 Å². The molecule has 1 saturated heterocycles. The number of carbonyl (C=O) groups is 1. The van der Waals surface area contributed by atoms with Crippen molar-refractivity contribution in [1.82, 2.24) is 9.62 Å². The number of amides is 1. The summed E-state index contributed by atoms with van der Waals surface area (Å²) in [6.07, 6.45) is 2.56. The van der Waals surface area contributed by atoms with Crippen LogP contribution in [0.3, 0.4) is 0 Å². The van der Waals surface area contributed by atoms with E-state index in [9.17, 15) is 13.2 Å². The summed E-state index contributed by atoms with van der Waals surface area (Å²) in [4.78, 5) is 14.5. The summed E-state index contributed by atoms with van der Waals surface area (Å²) in [5.41, 5.74) is 1.56. The largest absolute Gasteiger partial charge is 0.324 e. The van der Waals surface area contributed by atoms with Gasteiger partial charge in [0.1, 0.15) is 0 Å². The minimum Gasteiger partial charge on any atom is -0.324 e. The Bertz CT molecular complexity index is 701. The number of piperidine rings is 1. The van der Waals surface area contributed by atoms with Crippen molar-refractivity contribution >= 4 is 33.2 Å². The zero-order valence-corrected chi connectivity index (χ0v) is 15.7. The van der Waals surface area contributed by atoms with Gasteiger partial charge in [-0.3, -0.25) is 9.69 Å². The number of benzene rings is 1. The first-order valence-electron chi connectivity index (χ1n) is 7.94. The molecule has 1 amide bonds. The molecule has 1 atom stereocenters. The van der Waals surface area contributed by atoms with Crippen LogP contribution < -0.4 is 10.0 Å². The van der Waals surface area contributed by atoms with Crippen LogP contribution in [0, 0.1) is 6.92 Å². The summed E-state index contributed by atoms with van der Waals surface area (Å²) in [7, 11) is -3.19. The standard InChI is InChI=1S/C16H24ClN3O3S/c1-11-14(17)5-4-6-15(11)18-16(21)12(2)20-9-7-13(8-10-20)19-24(3,22)23/h4-6,12-13,19H,7-10H2,1-3H3,(H,18,21). The van der Waals surface area contributed by atoms with Crippen molar-refractivity contribution in [3.63, 3.8) is 0 Å². The van der Waals surface area contributed by atoms with Crippen molar-refractivity contribution in [2.24, 2.45) is 0 Å². The maximum Gasteiger partial charge on any atom is 0.241 e. The highest BCUT2D eigenvalue weighted by Gasteiger charge is 2.28. The smallest absolute Gasteiger partial charge is 0.241 e. The van der Waals surface area contributed by atoms with Crippen molar-refractivity contribution in [2.75, 3.05) is 24.7 Å². The second kappa shape index (κ2) is 7.82. The van der Waals surface area contributed by atoms with E-state index in [0.29, 0.717) is 36.6 Å². The molecule has 1 aliphatic rings. The lowest BCUT2D eigenvalue weighted by atomic mass is 10.0. The molecule has 0 spiro atoms. The highest BCUT2D eigenvalue weighted by atomic mass is 35.5.